The van der Waals surface area contributed by atoms with Crippen molar-refractivity contribution in [2.75, 3.05) is 19.7 Å². The van der Waals surface area contributed by atoms with Crippen molar-refractivity contribution in [2.45, 2.75) is 58.6 Å². The number of allylic oxidation sites excluding steroid dienone is 1. The summed E-state index contributed by atoms with van der Waals surface area (Å²) in [6.45, 7) is 9.41. The average molecular weight is 370 g/mol. The fraction of sp³-hybridized carbons (Fsp3) is 0.667. The second kappa shape index (κ2) is 11.2. The fourth-order valence-electron chi connectivity index (χ4n) is 1.84. The van der Waals surface area contributed by atoms with Crippen molar-refractivity contribution in [3.8, 4) is 5.19 Å². The molecular formula is C18H31N3O3S. The topological polar surface area (TPSA) is 83.5 Å². The molecule has 1 aromatic rings. The number of unbranched alkanes of at least 4 members (excludes halogenated alkanes) is 1. The first-order chi connectivity index (χ1) is 11.8. The summed E-state index contributed by atoms with van der Waals surface area (Å²) < 4.78 is 5.46. The van der Waals surface area contributed by atoms with Crippen LogP contribution in [0.25, 0.3) is 0 Å². The van der Waals surface area contributed by atoms with E-state index in [1.165, 1.54) is 17.5 Å². The van der Waals surface area contributed by atoms with Crippen LogP contribution in [0.15, 0.2) is 18.3 Å². The third-order valence-electron chi connectivity index (χ3n) is 3.19. The lowest BCUT2D eigenvalue weighted by Gasteiger charge is -2.22. The van der Waals surface area contributed by atoms with Crippen LogP contribution < -0.4 is 15.4 Å². The number of nitrogens with one attached hydrogen (secondary N) is 2. The summed E-state index contributed by atoms with van der Waals surface area (Å²) in [7, 11) is 0. The number of β-amino-alcohol motifs (C(OH)–C–C–N with tert-alkyl or cyclic N) is 1. The van der Waals surface area contributed by atoms with Crippen LogP contribution in [-0.4, -0.2) is 47.3 Å². The van der Waals surface area contributed by atoms with Gasteiger partial charge in [-0.15, -0.1) is 0 Å². The Morgan fingerprint density at radius 3 is 2.80 bits per heavy atom. The maximum atomic E-state index is 12.0. The normalized spacial score (nSPS) is 13.2. The lowest BCUT2D eigenvalue weighted by molar-refractivity contribution is 0.0958. The molecule has 1 rings (SSSR count). The van der Waals surface area contributed by atoms with E-state index in [-0.39, 0.29) is 18.1 Å². The zero-order chi connectivity index (χ0) is 18.7. The van der Waals surface area contributed by atoms with Gasteiger partial charge in [-0.1, -0.05) is 36.8 Å². The molecule has 0 spiro atoms. The highest BCUT2D eigenvalue weighted by molar-refractivity contribution is 7.15. The van der Waals surface area contributed by atoms with E-state index in [1.807, 2.05) is 20.8 Å². The molecule has 0 bridgehead atoms. The Labute approximate surface area is 154 Å². The van der Waals surface area contributed by atoms with Crippen LogP contribution in [0.1, 0.15) is 56.6 Å². The Hall–Kier alpha value is -1.44. The van der Waals surface area contributed by atoms with Gasteiger partial charge in [0.15, 0.2) is 0 Å². The number of aromatic nitrogens is 1. The van der Waals surface area contributed by atoms with Crippen LogP contribution in [0.2, 0.25) is 0 Å². The van der Waals surface area contributed by atoms with Gasteiger partial charge >= 0.3 is 0 Å². The maximum Gasteiger partial charge on any atom is 0.273 e. The molecule has 0 fully saturated rings. The Balaban J connectivity index is 2.29. The lowest BCUT2D eigenvalue weighted by Crippen LogP contribution is -2.42. The number of thiazole rings is 1. The minimum atomic E-state index is -0.629. The number of hydrogen-bond donors (Lipinski definition) is 3. The van der Waals surface area contributed by atoms with Gasteiger partial charge in [0.2, 0.25) is 0 Å². The molecule has 0 aliphatic heterocycles. The standard InChI is InChI=1S/C18H31N3O3S/c1-5-6-7-8-9-10-19-16(23)15-12-20-17(25-15)24-13-14(22)11-21-18(2,3)4/h7-8,12,14,21-22H,5-6,9-11,13H2,1-4H3,(H,19,23)/b8-7-. The van der Waals surface area contributed by atoms with Crippen LogP contribution >= 0.6 is 11.3 Å². The molecule has 1 atom stereocenters. The molecule has 0 saturated heterocycles. The van der Waals surface area contributed by atoms with Crippen molar-refractivity contribution in [3.05, 3.63) is 23.2 Å². The molecule has 7 heteroatoms. The minimum absolute atomic E-state index is 0.0564. The summed E-state index contributed by atoms with van der Waals surface area (Å²) in [6.07, 6.45) is 8.11. The van der Waals surface area contributed by atoms with E-state index in [1.54, 1.807) is 0 Å². The number of amides is 1. The fourth-order valence-corrected chi connectivity index (χ4v) is 2.53. The smallest absolute Gasteiger partial charge is 0.273 e. The van der Waals surface area contributed by atoms with E-state index in [4.69, 9.17) is 4.74 Å². The van der Waals surface area contributed by atoms with Gasteiger partial charge in [-0.25, -0.2) is 4.98 Å². The monoisotopic (exact) mass is 369 g/mol. The predicted octanol–water partition coefficient (Wildman–Crippen LogP) is 2.75. The molecule has 142 valence electrons. The number of aliphatic hydroxyl groups is 1. The number of hydrogen-bond acceptors (Lipinski definition) is 6. The molecule has 0 aliphatic carbocycles. The third kappa shape index (κ3) is 10.2. The summed E-state index contributed by atoms with van der Waals surface area (Å²) in [6, 6.07) is 0. The summed E-state index contributed by atoms with van der Waals surface area (Å²) in [5.74, 6) is -0.147. The first-order valence-corrected chi connectivity index (χ1v) is 9.58. The van der Waals surface area contributed by atoms with Gasteiger partial charge in [0.1, 0.15) is 17.6 Å². The highest BCUT2D eigenvalue weighted by Gasteiger charge is 2.14. The van der Waals surface area contributed by atoms with Gasteiger partial charge in [-0.05, 0) is 33.6 Å². The molecule has 25 heavy (non-hydrogen) atoms. The van der Waals surface area contributed by atoms with E-state index in [0.717, 1.165) is 19.3 Å². The summed E-state index contributed by atoms with van der Waals surface area (Å²) in [5.41, 5.74) is -0.0564. The summed E-state index contributed by atoms with van der Waals surface area (Å²) >= 11 is 1.18. The van der Waals surface area contributed by atoms with E-state index in [9.17, 15) is 9.90 Å². The second-order valence-electron chi connectivity index (χ2n) is 6.89. The quantitative estimate of drug-likeness (QED) is 0.413. The van der Waals surface area contributed by atoms with Crippen LogP contribution in [0.5, 0.6) is 5.19 Å². The van der Waals surface area contributed by atoms with Gasteiger partial charge in [0.25, 0.3) is 11.1 Å². The van der Waals surface area contributed by atoms with Crippen LogP contribution in [0, 0.1) is 0 Å². The van der Waals surface area contributed by atoms with Gasteiger partial charge in [-0.3, -0.25) is 4.79 Å². The van der Waals surface area contributed by atoms with Crippen LogP contribution in [0.4, 0.5) is 0 Å². The molecule has 0 saturated carbocycles. The number of rotatable bonds is 11. The first kappa shape index (κ1) is 21.6. The molecule has 0 aromatic carbocycles. The van der Waals surface area contributed by atoms with E-state index in [2.05, 4.69) is 34.7 Å². The number of nitrogens with zero attached hydrogens (tertiary/aromatic N) is 1. The van der Waals surface area contributed by atoms with Gasteiger partial charge in [0, 0.05) is 18.6 Å². The molecular weight excluding hydrogens is 338 g/mol. The van der Waals surface area contributed by atoms with Gasteiger partial charge < -0.3 is 20.5 Å². The number of ether oxygens (including phenoxy) is 1. The Bertz CT molecular complexity index is 538. The number of carbonyl (C=O) groups is 1. The van der Waals surface area contributed by atoms with Crippen molar-refractivity contribution in [2.24, 2.45) is 0 Å². The lowest BCUT2D eigenvalue weighted by atomic mass is 10.1. The van der Waals surface area contributed by atoms with Gasteiger partial charge in [-0.2, -0.15) is 0 Å². The number of aliphatic hydroxyl groups excluding tert-OH is 1. The van der Waals surface area contributed by atoms with Crippen molar-refractivity contribution in [1.29, 1.82) is 0 Å². The third-order valence-corrected chi connectivity index (χ3v) is 4.10. The molecule has 1 unspecified atom stereocenters. The molecule has 1 amide bonds. The molecule has 6 nitrogen and oxygen atoms in total. The van der Waals surface area contributed by atoms with Crippen LogP contribution in [-0.2, 0) is 0 Å². The average Bonchev–Trinajstić information content (AvgIpc) is 3.02. The Kier molecular flexibility index (Phi) is 9.70. The minimum Gasteiger partial charge on any atom is -0.467 e. The highest BCUT2D eigenvalue weighted by atomic mass is 32.1. The van der Waals surface area contributed by atoms with Crippen molar-refractivity contribution in [3.63, 3.8) is 0 Å². The molecule has 1 aromatic heterocycles. The predicted molar refractivity (Wildman–Crippen MR) is 102 cm³/mol. The largest absolute Gasteiger partial charge is 0.467 e. The van der Waals surface area contributed by atoms with Crippen molar-refractivity contribution >= 4 is 17.2 Å². The van der Waals surface area contributed by atoms with Crippen molar-refractivity contribution < 1.29 is 14.6 Å². The second-order valence-corrected chi connectivity index (χ2v) is 7.88. The van der Waals surface area contributed by atoms with E-state index < -0.39 is 6.10 Å². The zero-order valence-electron chi connectivity index (χ0n) is 15.7. The molecule has 3 N–H and O–H groups in total. The number of carbonyl (C=O) groups excluding carboxylic acids is 1. The van der Waals surface area contributed by atoms with Crippen molar-refractivity contribution in [1.82, 2.24) is 15.6 Å². The van der Waals surface area contributed by atoms with Crippen LogP contribution in [0.3, 0.4) is 0 Å². The van der Waals surface area contributed by atoms with E-state index in [0.29, 0.717) is 23.2 Å². The molecule has 1 heterocycles. The maximum absolute atomic E-state index is 12.0. The first-order valence-electron chi connectivity index (χ1n) is 8.76. The summed E-state index contributed by atoms with van der Waals surface area (Å²) in [4.78, 5) is 16.6. The Morgan fingerprint density at radius 2 is 2.12 bits per heavy atom. The highest BCUT2D eigenvalue weighted by Crippen LogP contribution is 2.20. The SMILES string of the molecule is CCC/C=C\CCNC(=O)c1cnc(OCC(O)CNC(C)(C)C)s1. The molecule has 0 radical (unpaired) electrons. The Morgan fingerprint density at radius 1 is 1.40 bits per heavy atom. The van der Waals surface area contributed by atoms with E-state index >= 15 is 0 Å². The summed E-state index contributed by atoms with van der Waals surface area (Å²) in [5, 5.41) is 16.4. The zero-order valence-corrected chi connectivity index (χ0v) is 16.5. The van der Waals surface area contributed by atoms with Gasteiger partial charge in [0.05, 0.1) is 6.20 Å². The molecule has 0 aliphatic rings.